The van der Waals surface area contributed by atoms with E-state index in [2.05, 4.69) is 10.3 Å². The van der Waals surface area contributed by atoms with Crippen molar-refractivity contribution in [3.63, 3.8) is 0 Å². The number of aromatic nitrogens is 1. The molecular weight excluding hydrogens is 214 g/mol. The summed E-state index contributed by atoms with van der Waals surface area (Å²) in [5.41, 5.74) is 0.941. The van der Waals surface area contributed by atoms with Crippen molar-refractivity contribution >= 4 is 5.91 Å². The molecule has 0 unspecified atom stereocenters. The summed E-state index contributed by atoms with van der Waals surface area (Å²) in [7, 11) is 1.90. The van der Waals surface area contributed by atoms with E-state index in [1.165, 1.54) is 0 Å². The lowest BCUT2D eigenvalue weighted by Gasteiger charge is -2.20. The van der Waals surface area contributed by atoms with Gasteiger partial charge in [-0.25, -0.2) is 0 Å². The number of amides is 1. The van der Waals surface area contributed by atoms with Gasteiger partial charge in [0.25, 0.3) is 0 Å². The average Bonchev–Trinajstić information content (AvgIpc) is 2.37. The van der Waals surface area contributed by atoms with E-state index in [9.17, 15) is 4.79 Å². The van der Waals surface area contributed by atoms with Crippen LogP contribution in [-0.2, 0) is 11.3 Å². The highest BCUT2D eigenvalue weighted by atomic mass is 16.2. The lowest BCUT2D eigenvalue weighted by molar-refractivity contribution is -0.131. The van der Waals surface area contributed by atoms with Crippen LogP contribution < -0.4 is 5.32 Å². The first-order valence-corrected chi connectivity index (χ1v) is 6.10. The van der Waals surface area contributed by atoms with Gasteiger partial charge in [-0.05, 0) is 39.1 Å². The highest BCUT2D eigenvalue weighted by molar-refractivity contribution is 5.76. The number of carbonyl (C=O) groups is 1. The van der Waals surface area contributed by atoms with Crippen molar-refractivity contribution < 1.29 is 4.79 Å². The molecule has 1 aromatic heterocycles. The van der Waals surface area contributed by atoms with E-state index < -0.39 is 0 Å². The SMILES string of the molecule is CCN(Cc1ccccn1)C(=O)CCCNC. The van der Waals surface area contributed by atoms with Crippen LogP contribution in [0, 0.1) is 0 Å². The molecule has 1 heterocycles. The molecule has 0 atom stereocenters. The molecule has 0 fully saturated rings. The summed E-state index contributed by atoms with van der Waals surface area (Å²) < 4.78 is 0. The van der Waals surface area contributed by atoms with Gasteiger partial charge in [0.2, 0.25) is 5.91 Å². The molecule has 1 aromatic rings. The fourth-order valence-corrected chi connectivity index (χ4v) is 1.64. The molecule has 0 saturated carbocycles. The molecule has 1 N–H and O–H groups in total. The lowest BCUT2D eigenvalue weighted by atomic mass is 10.2. The average molecular weight is 235 g/mol. The molecule has 1 amide bonds. The number of hydrogen-bond donors (Lipinski definition) is 1. The number of pyridine rings is 1. The van der Waals surface area contributed by atoms with E-state index in [-0.39, 0.29) is 5.91 Å². The molecular formula is C13H21N3O. The van der Waals surface area contributed by atoms with Crippen LogP contribution in [0.2, 0.25) is 0 Å². The third kappa shape index (κ3) is 4.95. The number of carbonyl (C=O) groups excluding carboxylic acids is 1. The number of hydrogen-bond acceptors (Lipinski definition) is 3. The maximum Gasteiger partial charge on any atom is 0.222 e. The summed E-state index contributed by atoms with van der Waals surface area (Å²) in [6.07, 6.45) is 3.24. The summed E-state index contributed by atoms with van der Waals surface area (Å²) in [6, 6.07) is 5.78. The fourth-order valence-electron chi connectivity index (χ4n) is 1.64. The normalized spacial score (nSPS) is 10.2. The van der Waals surface area contributed by atoms with Crippen LogP contribution in [0.15, 0.2) is 24.4 Å². The maximum atomic E-state index is 11.9. The Bertz CT molecular complexity index is 327. The zero-order valence-corrected chi connectivity index (χ0v) is 10.6. The number of nitrogens with zero attached hydrogens (tertiary/aromatic N) is 2. The third-order valence-corrected chi connectivity index (χ3v) is 2.63. The predicted molar refractivity (Wildman–Crippen MR) is 68.5 cm³/mol. The molecule has 0 bridgehead atoms. The fraction of sp³-hybridized carbons (Fsp3) is 0.538. The summed E-state index contributed by atoms with van der Waals surface area (Å²) in [5, 5.41) is 3.05. The molecule has 0 aliphatic heterocycles. The van der Waals surface area contributed by atoms with E-state index in [1.807, 2.05) is 37.1 Å². The van der Waals surface area contributed by atoms with E-state index in [1.54, 1.807) is 6.20 Å². The first-order chi connectivity index (χ1) is 8.27. The van der Waals surface area contributed by atoms with Crippen LogP contribution in [0.4, 0.5) is 0 Å². The topological polar surface area (TPSA) is 45.2 Å². The van der Waals surface area contributed by atoms with Gasteiger partial charge in [0, 0.05) is 19.2 Å². The zero-order chi connectivity index (χ0) is 12.5. The van der Waals surface area contributed by atoms with Gasteiger partial charge >= 0.3 is 0 Å². The second-order valence-corrected chi connectivity index (χ2v) is 3.94. The van der Waals surface area contributed by atoms with Crippen molar-refractivity contribution in [1.29, 1.82) is 0 Å². The highest BCUT2D eigenvalue weighted by Crippen LogP contribution is 2.04. The van der Waals surface area contributed by atoms with Crippen LogP contribution >= 0.6 is 0 Å². The van der Waals surface area contributed by atoms with Gasteiger partial charge in [-0.15, -0.1) is 0 Å². The molecule has 0 aliphatic rings. The molecule has 4 heteroatoms. The van der Waals surface area contributed by atoms with Gasteiger partial charge in [-0.2, -0.15) is 0 Å². The molecule has 94 valence electrons. The monoisotopic (exact) mass is 235 g/mol. The standard InChI is InChI=1S/C13H21N3O/c1-3-16(13(17)8-6-9-14-2)11-12-7-4-5-10-15-12/h4-5,7,10,14H,3,6,8-9,11H2,1-2H3. The van der Waals surface area contributed by atoms with Gasteiger partial charge < -0.3 is 10.2 Å². The highest BCUT2D eigenvalue weighted by Gasteiger charge is 2.11. The smallest absolute Gasteiger partial charge is 0.222 e. The second-order valence-electron chi connectivity index (χ2n) is 3.94. The first kappa shape index (κ1) is 13.6. The van der Waals surface area contributed by atoms with E-state index in [0.717, 1.165) is 25.2 Å². The molecule has 1 rings (SSSR count). The summed E-state index contributed by atoms with van der Waals surface area (Å²) >= 11 is 0. The Kier molecular flexibility index (Phi) is 6.25. The molecule has 0 spiro atoms. The third-order valence-electron chi connectivity index (χ3n) is 2.63. The van der Waals surface area contributed by atoms with Gasteiger partial charge in [0.05, 0.1) is 12.2 Å². The second kappa shape index (κ2) is 7.79. The minimum atomic E-state index is 0.202. The molecule has 0 aromatic carbocycles. The van der Waals surface area contributed by atoms with E-state index in [0.29, 0.717) is 13.0 Å². The van der Waals surface area contributed by atoms with E-state index >= 15 is 0 Å². The van der Waals surface area contributed by atoms with Gasteiger partial charge in [0.15, 0.2) is 0 Å². The molecule has 17 heavy (non-hydrogen) atoms. The first-order valence-electron chi connectivity index (χ1n) is 6.10. The quantitative estimate of drug-likeness (QED) is 0.727. The van der Waals surface area contributed by atoms with Crippen LogP contribution in [0.3, 0.4) is 0 Å². The van der Waals surface area contributed by atoms with Gasteiger partial charge in [-0.1, -0.05) is 6.07 Å². The Morgan fingerprint density at radius 2 is 2.29 bits per heavy atom. The van der Waals surface area contributed by atoms with Crippen molar-refractivity contribution in [2.45, 2.75) is 26.3 Å². The van der Waals surface area contributed by atoms with E-state index in [4.69, 9.17) is 0 Å². The molecule has 0 aliphatic carbocycles. The number of nitrogens with one attached hydrogen (secondary N) is 1. The largest absolute Gasteiger partial charge is 0.337 e. The van der Waals surface area contributed by atoms with Crippen molar-refractivity contribution in [3.05, 3.63) is 30.1 Å². The Morgan fingerprint density at radius 3 is 2.88 bits per heavy atom. The Labute approximate surface area is 103 Å². The maximum absolute atomic E-state index is 11.9. The minimum absolute atomic E-state index is 0.202. The minimum Gasteiger partial charge on any atom is -0.337 e. The van der Waals surface area contributed by atoms with Crippen molar-refractivity contribution in [2.75, 3.05) is 20.1 Å². The van der Waals surface area contributed by atoms with Gasteiger partial charge in [0.1, 0.15) is 0 Å². The van der Waals surface area contributed by atoms with Crippen LogP contribution in [0.1, 0.15) is 25.5 Å². The van der Waals surface area contributed by atoms with Crippen LogP contribution in [-0.4, -0.2) is 35.9 Å². The van der Waals surface area contributed by atoms with Crippen molar-refractivity contribution in [2.24, 2.45) is 0 Å². The van der Waals surface area contributed by atoms with Crippen LogP contribution in [0.5, 0.6) is 0 Å². The molecule has 4 nitrogen and oxygen atoms in total. The zero-order valence-electron chi connectivity index (χ0n) is 10.6. The Hall–Kier alpha value is -1.42. The summed E-state index contributed by atoms with van der Waals surface area (Å²) in [6.45, 7) is 4.22. The van der Waals surface area contributed by atoms with Crippen molar-refractivity contribution in [1.82, 2.24) is 15.2 Å². The molecule has 0 saturated heterocycles. The summed E-state index contributed by atoms with van der Waals surface area (Å²) in [5.74, 6) is 0.202. The van der Waals surface area contributed by atoms with Crippen molar-refractivity contribution in [3.8, 4) is 0 Å². The number of rotatable bonds is 7. The Balaban J connectivity index is 2.45. The molecule has 0 radical (unpaired) electrons. The summed E-state index contributed by atoms with van der Waals surface area (Å²) in [4.78, 5) is 18.0. The van der Waals surface area contributed by atoms with Crippen LogP contribution in [0.25, 0.3) is 0 Å². The Morgan fingerprint density at radius 1 is 1.47 bits per heavy atom. The lowest BCUT2D eigenvalue weighted by Crippen LogP contribution is -2.30. The predicted octanol–water partition coefficient (Wildman–Crippen LogP) is 1.43. The van der Waals surface area contributed by atoms with Gasteiger partial charge in [-0.3, -0.25) is 9.78 Å².